The zero-order valence-corrected chi connectivity index (χ0v) is 10.2. The first-order valence-corrected chi connectivity index (χ1v) is 5.88. The van der Waals surface area contributed by atoms with E-state index in [0.29, 0.717) is 11.1 Å². The van der Waals surface area contributed by atoms with Gasteiger partial charge >= 0.3 is 0 Å². The van der Waals surface area contributed by atoms with Crippen molar-refractivity contribution in [3.63, 3.8) is 0 Å². The lowest BCUT2D eigenvalue weighted by molar-refractivity contribution is 0.215. The molecule has 0 aliphatic carbocycles. The quantitative estimate of drug-likeness (QED) is 0.868. The van der Waals surface area contributed by atoms with E-state index in [4.69, 9.17) is 0 Å². The van der Waals surface area contributed by atoms with Gasteiger partial charge in [0.1, 0.15) is 11.9 Å². The summed E-state index contributed by atoms with van der Waals surface area (Å²) in [5.74, 6) is -0.385. The van der Waals surface area contributed by atoms with Crippen LogP contribution in [0.4, 0.5) is 4.39 Å². The fourth-order valence-electron chi connectivity index (χ4n) is 1.95. The number of hydrogen-bond acceptors (Lipinski definition) is 2. The Bertz CT molecular complexity index is 527. The maximum absolute atomic E-state index is 13.6. The van der Waals surface area contributed by atoms with Crippen molar-refractivity contribution in [3.05, 3.63) is 71.0 Å². The first-order chi connectivity index (χ1) is 8.72. The Morgan fingerprint density at radius 1 is 1.17 bits per heavy atom. The van der Waals surface area contributed by atoms with Gasteiger partial charge in [-0.3, -0.25) is 0 Å². The van der Waals surface area contributed by atoms with Crippen LogP contribution in [0.5, 0.6) is 0 Å². The molecule has 2 aromatic carbocycles. The van der Waals surface area contributed by atoms with Gasteiger partial charge in [0.15, 0.2) is 0 Å². The molecule has 0 fully saturated rings. The summed E-state index contributed by atoms with van der Waals surface area (Å²) in [4.78, 5) is 0. The summed E-state index contributed by atoms with van der Waals surface area (Å²) in [6, 6.07) is 13.8. The Balaban J connectivity index is 2.31. The second-order valence-electron chi connectivity index (χ2n) is 4.20. The molecule has 3 heteroatoms. The lowest BCUT2D eigenvalue weighted by Gasteiger charge is -2.13. The Hall–Kier alpha value is -1.71. The monoisotopic (exact) mass is 245 g/mol. The largest absolute Gasteiger partial charge is 0.384 e. The van der Waals surface area contributed by atoms with E-state index in [1.807, 2.05) is 25.2 Å². The number of hydrogen-bond donors (Lipinski definition) is 2. The molecule has 0 spiro atoms. The van der Waals surface area contributed by atoms with Gasteiger partial charge in [-0.2, -0.15) is 0 Å². The molecule has 2 N–H and O–H groups in total. The summed E-state index contributed by atoms with van der Waals surface area (Å²) in [5, 5.41) is 13.3. The van der Waals surface area contributed by atoms with E-state index < -0.39 is 6.10 Å². The normalized spacial score (nSPS) is 12.4. The molecule has 94 valence electrons. The van der Waals surface area contributed by atoms with E-state index >= 15 is 0 Å². The summed E-state index contributed by atoms with van der Waals surface area (Å²) in [5.41, 5.74) is 2.07. The fourth-order valence-corrected chi connectivity index (χ4v) is 1.95. The van der Waals surface area contributed by atoms with Gasteiger partial charge in [0.05, 0.1) is 0 Å². The van der Waals surface area contributed by atoms with Crippen LogP contribution in [0.15, 0.2) is 48.5 Å². The van der Waals surface area contributed by atoms with Crippen LogP contribution in [0.2, 0.25) is 0 Å². The van der Waals surface area contributed by atoms with E-state index in [-0.39, 0.29) is 5.82 Å². The molecule has 0 amide bonds. The van der Waals surface area contributed by atoms with Crippen LogP contribution in [0.1, 0.15) is 22.8 Å². The van der Waals surface area contributed by atoms with Crippen LogP contribution in [-0.4, -0.2) is 12.2 Å². The van der Waals surface area contributed by atoms with Crippen molar-refractivity contribution in [2.24, 2.45) is 0 Å². The summed E-state index contributed by atoms with van der Waals surface area (Å²) in [6.45, 7) is 0.720. The van der Waals surface area contributed by atoms with Gasteiger partial charge in [0.2, 0.25) is 0 Å². The van der Waals surface area contributed by atoms with E-state index in [1.54, 1.807) is 24.3 Å². The van der Waals surface area contributed by atoms with Gasteiger partial charge in [-0.05, 0) is 24.2 Å². The molecule has 0 aliphatic heterocycles. The number of rotatable bonds is 4. The predicted molar refractivity (Wildman–Crippen MR) is 69.7 cm³/mol. The Morgan fingerprint density at radius 3 is 2.67 bits per heavy atom. The van der Waals surface area contributed by atoms with Gasteiger partial charge in [0, 0.05) is 12.1 Å². The van der Waals surface area contributed by atoms with E-state index in [1.165, 1.54) is 6.07 Å². The first kappa shape index (κ1) is 12.7. The topological polar surface area (TPSA) is 32.3 Å². The lowest BCUT2D eigenvalue weighted by atomic mass is 9.99. The van der Waals surface area contributed by atoms with Gasteiger partial charge in [-0.1, -0.05) is 42.5 Å². The summed E-state index contributed by atoms with van der Waals surface area (Å²) < 4.78 is 13.6. The average molecular weight is 245 g/mol. The third kappa shape index (κ3) is 2.75. The molecule has 1 atom stereocenters. The number of benzene rings is 2. The van der Waals surface area contributed by atoms with Crippen LogP contribution in [0, 0.1) is 5.82 Å². The highest BCUT2D eigenvalue weighted by molar-refractivity contribution is 5.33. The number of aliphatic hydroxyl groups excluding tert-OH is 1. The van der Waals surface area contributed by atoms with Gasteiger partial charge in [-0.25, -0.2) is 4.39 Å². The standard InChI is InChI=1S/C15H16FNO/c1-17-10-11-5-4-6-12(9-11)15(18)13-7-2-3-8-14(13)16/h2-9,15,17-18H,10H2,1H3. The number of halogens is 1. The zero-order chi connectivity index (χ0) is 13.0. The van der Waals surface area contributed by atoms with Crippen molar-refractivity contribution in [1.29, 1.82) is 0 Å². The first-order valence-electron chi connectivity index (χ1n) is 5.88. The van der Waals surface area contributed by atoms with Crippen molar-refractivity contribution in [2.75, 3.05) is 7.05 Å². The highest BCUT2D eigenvalue weighted by Crippen LogP contribution is 2.24. The van der Waals surface area contributed by atoms with Crippen LogP contribution < -0.4 is 5.32 Å². The Morgan fingerprint density at radius 2 is 1.94 bits per heavy atom. The van der Waals surface area contributed by atoms with Gasteiger partial charge < -0.3 is 10.4 Å². The summed E-state index contributed by atoms with van der Waals surface area (Å²) >= 11 is 0. The molecule has 0 radical (unpaired) electrons. The Kier molecular flexibility index (Phi) is 4.07. The third-order valence-electron chi connectivity index (χ3n) is 2.85. The van der Waals surface area contributed by atoms with E-state index in [0.717, 1.165) is 12.1 Å². The SMILES string of the molecule is CNCc1cccc(C(O)c2ccccc2F)c1. The van der Waals surface area contributed by atoms with Gasteiger partial charge in [-0.15, -0.1) is 0 Å². The minimum absolute atomic E-state index is 0.305. The molecule has 0 bridgehead atoms. The number of nitrogens with one attached hydrogen (secondary N) is 1. The highest BCUT2D eigenvalue weighted by Gasteiger charge is 2.14. The van der Waals surface area contributed by atoms with Crippen LogP contribution in [-0.2, 0) is 6.54 Å². The molecule has 0 saturated carbocycles. The van der Waals surface area contributed by atoms with Crippen molar-refractivity contribution in [2.45, 2.75) is 12.6 Å². The van der Waals surface area contributed by atoms with Gasteiger partial charge in [0.25, 0.3) is 0 Å². The minimum Gasteiger partial charge on any atom is -0.384 e. The second-order valence-corrected chi connectivity index (χ2v) is 4.20. The Labute approximate surface area is 106 Å². The molecule has 18 heavy (non-hydrogen) atoms. The molecule has 2 aromatic rings. The molecule has 0 saturated heterocycles. The molecule has 0 aromatic heterocycles. The van der Waals surface area contributed by atoms with Crippen molar-refractivity contribution < 1.29 is 9.50 Å². The molecule has 2 rings (SSSR count). The van der Waals surface area contributed by atoms with Crippen molar-refractivity contribution in [3.8, 4) is 0 Å². The maximum Gasteiger partial charge on any atom is 0.129 e. The number of aliphatic hydroxyl groups is 1. The third-order valence-corrected chi connectivity index (χ3v) is 2.85. The molecule has 2 nitrogen and oxygen atoms in total. The van der Waals surface area contributed by atoms with Crippen LogP contribution >= 0.6 is 0 Å². The maximum atomic E-state index is 13.6. The molecule has 1 unspecified atom stereocenters. The highest BCUT2D eigenvalue weighted by atomic mass is 19.1. The van der Waals surface area contributed by atoms with Crippen LogP contribution in [0.3, 0.4) is 0 Å². The van der Waals surface area contributed by atoms with E-state index in [9.17, 15) is 9.50 Å². The predicted octanol–water partition coefficient (Wildman–Crippen LogP) is 2.63. The second kappa shape index (κ2) is 5.76. The minimum atomic E-state index is -0.928. The molecule has 0 aliphatic rings. The summed E-state index contributed by atoms with van der Waals surface area (Å²) in [6.07, 6.45) is -0.928. The molecular formula is C15H16FNO. The van der Waals surface area contributed by atoms with Crippen LogP contribution in [0.25, 0.3) is 0 Å². The van der Waals surface area contributed by atoms with E-state index in [2.05, 4.69) is 5.32 Å². The van der Waals surface area contributed by atoms with Crippen molar-refractivity contribution in [1.82, 2.24) is 5.32 Å². The fraction of sp³-hybridized carbons (Fsp3) is 0.200. The zero-order valence-electron chi connectivity index (χ0n) is 10.2. The summed E-state index contributed by atoms with van der Waals surface area (Å²) in [7, 11) is 1.86. The van der Waals surface area contributed by atoms with Crippen molar-refractivity contribution >= 4 is 0 Å². The molecular weight excluding hydrogens is 229 g/mol. The average Bonchev–Trinajstić information content (AvgIpc) is 2.39. The lowest BCUT2D eigenvalue weighted by Crippen LogP contribution is -2.07. The molecule has 0 heterocycles. The smallest absolute Gasteiger partial charge is 0.129 e.